The molecular formula is C16H25NO2. The number of hydrogen-bond donors (Lipinski definition) is 2. The Morgan fingerprint density at radius 2 is 1.95 bits per heavy atom. The molecule has 0 saturated carbocycles. The highest BCUT2D eigenvalue weighted by molar-refractivity contribution is 5.17. The van der Waals surface area contributed by atoms with E-state index in [0.29, 0.717) is 12.6 Å². The highest BCUT2D eigenvalue weighted by Crippen LogP contribution is 2.24. The van der Waals surface area contributed by atoms with E-state index in [9.17, 15) is 10.2 Å². The predicted molar refractivity (Wildman–Crippen MR) is 76.9 cm³/mol. The fourth-order valence-corrected chi connectivity index (χ4v) is 2.96. The van der Waals surface area contributed by atoms with Crippen molar-refractivity contribution in [1.82, 2.24) is 4.90 Å². The lowest BCUT2D eigenvalue weighted by Gasteiger charge is -2.37. The molecule has 0 spiro atoms. The molecule has 1 heterocycles. The Labute approximate surface area is 115 Å². The average molecular weight is 263 g/mol. The number of likely N-dealkylation sites (tertiary alicyclic amines) is 1. The van der Waals surface area contributed by atoms with E-state index in [4.69, 9.17) is 0 Å². The van der Waals surface area contributed by atoms with Crippen LogP contribution in [0.1, 0.15) is 44.3 Å². The van der Waals surface area contributed by atoms with Gasteiger partial charge in [-0.3, -0.25) is 4.90 Å². The average Bonchev–Trinajstić information content (AvgIpc) is 2.41. The first kappa shape index (κ1) is 14.5. The van der Waals surface area contributed by atoms with Crippen LogP contribution < -0.4 is 0 Å². The zero-order chi connectivity index (χ0) is 13.7. The van der Waals surface area contributed by atoms with Crippen molar-refractivity contribution in [1.29, 1.82) is 0 Å². The standard InChI is InChI=1S/C16H25NO2/c1-13(18)11-15-9-5-6-10-17(15)12-16(19)14-7-3-2-4-8-14/h2-4,7-8,13,15-16,18-19H,5-6,9-12H2,1H3. The summed E-state index contributed by atoms with van der Waals surface area (Å²) < 4.78 is 0. The number of aliphatic hydroxyl groups is 2. The Bertz CT molecular complexity index is 366. The number of β-amino-alcohol motifs (C(OH)–C–C–N with tert-alkyl or cyclic N) is 1. The van der Waals surface area contributed by atoms with Crippen LogP contribution in [0.25, 0.3) is 0 Å². The van der Waals surface area contributed by atoms with Gasteiger partial charge in [0.05, 0.1) is 12.2 Å². The van der Waals surface area contributed by atoms with Gasteiger partial charge < -0.3 is 10.2 Å². The Kier molecular flexibility index (Phi) is 5.37. The second kappa shape index (κ2) is 7.04. The summed E-state index contributed by atoms with van der Waals surface area (Å²) in [5.74, 6) is 0. The van der Waals surface area contributed by atoms with Gasteiger partial charge in [-0.25, -0.2) is 0 Å². The third-order valence-electron chi connectivity index (χ3n) is 3.95. The van der Waals surface area contributed by atoms with Gasteiger partial charge in [-0.2, -0.15) is 0 Å². The minimum atomic E-state index is -0.434. The summed E-state index contributed by atoms with van der Waals surface area (Å²) in [6.07, 6.45) is 3.66. The lowest BCUT2D eigenvalue weighted by atomic mass is 9.96. The topological polar surface area (TPSA) is 43.7 Å². The Hall–Kier alpha value is -0.900. The minimum Gasteiger partial charge on any atom is -0.393 e. The fourth-order valence-electron chi connectivity index (χ4n) is 2.96. The smallest absolute Gasteiger partial charge is 0.0917 e. The first-order valence-corrected chi connectivity index (χ1v) is 7.32. The normalized spacial score (nSPS) is 24.1. The van der Waals surface area contributed by atoms with E-state index in [0.717, 1.165) is 24.9 Å². The number of piperidine rings is 1. The Morgan fingerprint density at radius 3 is 2.63 bits per heavy atom. The Balaban J connectivity index is 1.95. The van der Waals surface area contributed by atoms with Crippen molar-refractivity contribution < 1.29 is 10.2 Å². The van der Waals surface area contributed by atoms with Crippen molar-refractivity contribution in [2.24, 2.45) is 0 Å². The van der Waals surface area contributed by atoms with E-state index >= 15 is 0 Å². The van der Waals surface area contributed by atoms with Gasteiger partial charge in [0.2, 0.25) is 0 Å². The lowest BCUT2D eigenvalue weighted by Crippen LogP contribution is -2.43. The van der Waals surface area contributed by atoms with E-state index < -0.39 is 6.10 Å². The molecule has 0 amide bonds. The first-order chi connectivity index (χ1) is 9.16. The summed E-state index contributed by atoms with van der Waals surface area (Å²) in [6.45, 7) is 3.54. The maximum absolute atomic E-state index is 10.3. The summed E-state index contributed by atoms with van der Waals surface area (Å²) in [5.41, 5.74) is 0.976. The molecule has 0 aliphatic carbocycles. The second-order valence-electron chi connectivity index (χ2n) is 5.66. The number of nitrogens with zero attached hydrogens (tertiary/aromatic N) is 1. The molecule has 0 bridgehead atoms. The fraction of sp³-hybridized carbons (Fsp3) is 0.625. The van der Waals surface area contributed by atoms with Gasteiger partial charge in [0, 0.05) is 12.6 Å². The van der Waals surface area contributed by atoms with Gasteiger partial charge >= 0.3 is 0 Å². The van der Waals surface area contributed by atoms with Gasteiger partial charge in [0.1, 0.15) is 0 Å². The van der Waals surface area contributed by atoms with Gasteiger partial charge in [-0.05, 0) is 38.3 Å². The number of benzene rings is 1. The third kappa shape index (κ3) is 4.30. The van der Waals surface area contributed by atoms with Crippen molar-refractivity contribution in [3.05, 3.63) is 35.9 Å². The lowest BCUT2D eigenvalue weighted by molar-refractivity contribution is 0.0434. The number of aliphatic hydroxyl groups excluding tert-OH is 2. The van der Waals surface area contributed by atoms with E-state index in [2.05, 4.69) is 4.90 Å². The molecule has 1 saturated heterocycles. The zero-order valence-corrected chi connectivity index (χ0v) is 11.7. The van der Waals surface area contributed by atoms with Crippen molar-refractivity contribution in [3.8, 4) is 0 Å². The molecule has 0 aromatic heterocycles. The molecular weight excluding hydrogens is 238 g/mol. The largest absolute Gasteiger partial charge is 0.393 e. The van der Waals surface area contributed by atoms with Crippen LogP contribution in [0.15, 0.2) is 30.3 Å². The minimum absolute atomic E-state index is 0.264. The molecule has 2 N–H and O–H groups in total. The van der Waals surface area contributed by atoms with Crippen molar-refractivity contribution in [3.63, 3.8) is 0 Å². The van der Waals surface area contributed by atoms with E-state index in [1.54, 1.807) is 0 Å². The first-order valence-electron chi connectivity index (χ1n) is 7.32. The van der Waals surface area contributed by atoms with Gasteiger partial charge in [0.25, 0.3) is 0 Å². The molecule has 3 nitrogen and oxygen atoms in total. The maximum Gasteiger partial charge on any atom is 0.0917 e. The molecule has 3 heteroatoms. The molecule has 19 heavy (non-hydrogen) atoms. The molecule has 1 aromatic rings. The molecule has 106 valence electrons. The third-order valence-corrected chi connectivity index (χ3v) is 3.95. The van der Waals surface area contributed by atoms with Crippen molar-refractivity contribution >= 4 is 0 Å². The van der Waals surface area contributed by atoms with Crippen molar-refractivity contribution in [2.75, 3.05) is 13.1 Å². The zero-order valence-electron chi connectivity index (χ0n) is 11.7. The number of hydrogen-bond acceptors (Lipinski definition) is 3. The molecule has 1 aliphatic heterocycles. The molecule has 0 radical (unpaired) electrons. The highest BCUT2D eigenvalue weighted by atomic mass is 16.3. The van der Waals surface area contributed by atoms with Crippen LogP contribution >= 0.6 is 0 Å². The second-order valence-corrected chi connectivity index (χ2v) is 5.66. The van der Waals surface area contributed by atoms with E-state index in [1.807, 2.05) is 37.3 Å². The van der Waals surface area contributed by atoms with Gasteiger partial charge in [0.15, 0.2) is 0 Å². The molecule has 2 rings (SSSR count). The van der Waals surface area contributed by atoms with E-state index in [-0.39, 0.29) is 6.10 Å². The summed E-state index contributed by atoms with van der Waals surface area (Å²) >= 11 is 0. The summed E-state index contributed by atoms with van der Waals surface area (Å²) in [7, 11) is 0. The van der Waals surface area contributed by atoms with Crippen LogP contribution in [0.4, 0.5) is 0 Å². The van der Waals surface area contributed by atoms with Crippen LogP contribution in [-0.4, -0.2) is 40.3 Å². The summed E-state index contributed by atoms with van der Waals surface area (Å²) in [4.78, 5) is 2.34. The molecule has 1 aromatic carbocycles. The molecule has 3 atom stereocenters. The molecule has 1 aliphatic rings. The highest BCUT2D eigenvalue weighted by Gasteiger charge is 2.25. The van der Waals surface area contributed by atoms with Gasteiger partial charge in [-0.15, -0.1) is 0 Å². The molecule has 3 unspecified atom stereocenters. The summed E-state index contributed by atoms with van der Waals surface area (Å²) in [6, 6.07) is 10.2. The Morgan fingerprint density at radius 1 is 1.21 bits per heavy atom. The van der Waals surface area contributed by atoms with Gasteiger partial charge in [-0.1, -0.05) is 36.8 Å². The predicted octanol–water partition coefficient (Wildman–Crippen LogP) is 2.35. The monoisotopic (exact) mass is 263 g/mol. The summed E-state index contributed by atoms with van der Waals surface area (Å²) in [5, 5.41) is 19.9. The quantitative estimate of drug-likeness (QED) is 0.857. The van der Waals surface area contributed by atoms with Crippen molar-refractivity contribution in [2.45, 2.75) is 50.9 Å². The van der Waals surface area contributed by atoms with Crippen LogP contribution in [0, 0.1) is 0 Å². The van der Waals surface area contributed by atoms with Crippen LogP contribution in [-0.2, 0) is 0 Å². The maximum atomic E-state index is 10.3. The molecule has 1 fully saturated rings. The SMILES string of the molecule is CC(O)CC1CCCCN1CC(O)c1ccccc1. The van der Waals surface area contributed by atoms with Crippen LogP contribution in [0.3, 0.4) is 0 Å². The van der Waals surface area contributed by atoms with Crippen LogP contribution in [0.2, 0.25) is 0 Å². The van der Waals surface area contributed by atoms with Crippen LogP contribution in [0.5, 0.6) is 0 Å². The number of rotatable bonds is 5. The van der Waals surface area contributed by atoms with E-state index in [1.165, 1.54) is 12.8 Å².